The number of para-hydroxylation sites is 2. The third kappa shape index (κ3) is 5.45. The van der Waals surface area contributed by atoms with Gasteiger partial charge in [0.2, 0.25) is 5.91 Å². The lowest BCUT2D eigenvalue weighted by Crippen LogP contribution is -2.41. The number of amides is 1. The molecular weight excluding hydrogens is 290 g/mol. The minimum Gasteiger partial charge on any atom is -0.490 e. The maximum atomic E-state index is 12.2. The third-order valence-electron chi connectivity index (χ3n) is 4.17. The van der Waals surface area contributed by atoms with Crippen molar-refractivity contribution < 1.29 is 14.3 Å². The van der Waals surface area contributed by atoms with Gasteiger partial charge in [-0.15, -0.1) is 0 Å². The molecule has 1 aliphatic heterocycles. The van der Waals surface area contributed by atoms with E-state index >= 15 is 0 Å². The smallest absolute Gasteiger partial charge is 0.222 e. The first-order chi connectivity index (χ1) is 11.1. The lowest BCUT2D eigenvalue weighted by molar-refractivity contribution is -0.133. The Hall–Kier alpha value is -1.71. The standard InChI is InChI=1S/C19H29NO3/c1-4-22-17-7-5-6-8-18(17)23-16-11-13-20(14-12-16)19(21)10-9-15(2)3/h5-8,15-16H,4,9-14H2,1-3H3. The van der Waals surface area contributed by atoms with Crippen LogP contribution in [0.1, 0.15) is 46.5 Å². The van der Waals surface area contributed by atoms with E-state index in [1.54, 1.807) is 0 Å². The average molecular weight is 319 g/mol. The molecule has 1 fully saturated rings. The number of nitrogens with zero attached hydrogens (tertiary/aromatic N) is 1. The van der Waals surface area contributed by atoms with Crippen LogP contribution in [0.25, 0.3) is 0 Å². The number of benzene rings is 1. The van der Waals surface area contributed by atoms with Crippen LogP contribution >= 0.6 is 0 Å². The number of hydrogen-bond donors (Lipinski definition) is 0. The van der Waals surface area contributed by atoms with Gasteiger partial charge in [0.05, 0.1) is 6.61 Å². The normalized spacial score (nSPS) is 15.7. The molecular formula is C19H29NO3. The highest BCUT2D eigenvalue weighted by Crippen LogP contribution is 2.29. The Morgan fingerprint density at radius 3 is 2.48 bits per heavy atom. The predicted molar refractivity (Wildman–Crippen MR) is 91.9 cm³/mol. The van der Waals surface area contributed by atoms with Crippen molar-refractivity contribution >= 4 is 5.91 Å². The fraction of sp³-hybridized carbons (Fsp3) is 0.632. The lowest BCUT2D eigenvalue weighted by atomic mass is 10.0. The van der Waals surface area contributed by atoms with Gasteiger partial charge in [-0.3, -0.25) is 4.79 Å². The highest BCUT2D eigenvalue weighted by molar-refractivity contribution is 5.76. The van der Waals surface area contributed by atoms with Crippen LogP contribution in [-0.4, -0.2) is 36.6 Å². The lowest BCUT2D eigenvalue weighted by Gasteiger charge is -2.32. The molecule has 1 amide bonds. The summed E-state index contributed by atoms with van der Waals surface area (Å²) in [5.41, 5.74) is 0. The van der Waals surface area contributed by atoms with Gasteiger partial charge in [-0.05, 0) is 31.4 Å². The van der Waals surface area contributed by atoms with Crippen molar-refractivity contribution in [1.82, 2.24) is 4.90 Å². The quantitative estimate of drug-likeness (QED) is 0.765. The van der Waals surface area contributed by atoms with Crippen LogP contribution in [-0.2, 0) is 4.79 Å². The maximum Gasteiger partial charge on any atom is 0.222 e. The Balaban J connectivity index is 1.82. The average Bonchev–Trinajstić information content (AvgIpc) is 2.55. The van der Waals surface area contributed by atoms with Crippen molar-refractivity contribution in [1.29, 1.82) is 0 Å². The van der Waals surface area contributed by atoms with Crippen molar-refractivity contribution in [2.45, 2.75) is 52.6 Å². The number of piperidine rings is 1. The highest BCUT2D eigenvalue weighted by atomic mass is 16.5. The molecule has 0 unspecified atom stereocenters. The number of carbonyl (C=O) groups excluding carboxylic acids is 1. The summed E-state index contributed by atoms with van der Waals surface area (Å²) in [5.74, 6) is 2.46. The van der Waals surface area contributed by atoms with Gasteiger partial charge in [0.15, 0.2) is 11.5 Å². The molecule has 23 heavy (non-hydrogen) atoms. The zero-order chi connectivity index (χ0) is 16.7. The van der Waals surface area contributed by atoms with E-state index < -0.39 is 0 Å². The van der Waals surface area contributed by atoms with Crippen LogP contribution in [0.2, 0.25) is 0 Å². The molecule has 1 aromatic carbocycles. The minimum absolute atomic E-state index is 0.158. The van der Waals surface area contributed by atoms with Crippen LogP contribution in [0, 0.1) is 5.92 Å². The number of rotatable bonds is 7. The van der Waals surface area contributed by atoms with Crippen molar-refractivity contribution in [2.24, 2.45) is 5.92 Å². The van der Waals surface area contributed by atoms with Crippen LogP contribution < -0.4 is 9.47 Å². The first-order valence-electron chi connectivity index (χ1n) is 8.76. The Labute approximate surface area is 139 Å². The summed E-state index contributed by atoms with van der Waals surface area (Å²) in [5, 5.41) is 0. The summed E-state index contributed by atoms with van der Waals surface area (Å²) in [4.78, 5) is 14.2. The number of carbonyl (C=O) groups is 1. The molecule has 0 radical (unpaired) electrons. The first-order valence-corrected chi connectivity index (χ1v) is 8.76. The van der Waals surface area contributed by atoms with Crippen LogP contribution in [0.3, 0.4) is 0 Å². The molecule has 0 spiro atoms. The third-order valence-corrected chi connectivity index (χ3v) is 4.17. The molecule has 0 saturated carbocycles. The van der Waals surface area contributed by atoms with Gasteiger partial charge in [0, 0.05) is 32.4 Å². The van der Waals surface area contributed by atoms with E-state index in [1.165, 1.54) is 0 Å². The summed E-state index contributed by atoms with van der Waals surface area (Å²) in [6, 6.07) is 7.80. The molecule has 4 heteroatoms. The predicted octanol–water partition coefficient (Wildman–Crippen LogP) is 3.89. The van der Waals surface area contributed by atoms with Crippen LogP contribution in [0.5, 0.6) is 11.5 Å². The SMILES string of the molecule is CCOc1ccccc1OC1CCN(C(=O)CCC(C)C)CC1. The van der Waals surface area contributed by atoms with Gasteiger partial charge in [0.1, 0.15) is 6.10 Å². The second kappa shape index (κ2) is 8.80. The van der Waals surface area contributed by atoms with Crippen LogP contribution in [0.4, 0.5) is 0 Å². The molecule has 0 N–H and O–H groups in total. The monoisotopic (exact) mass is 319 g/mol. The van der Waals surface area contributed by atoms with E-state index in [2.05, 4.69) is 13.8 Å². The molecule has 0 bridgehead atoms. The summed E-state index contributed by atoms with van der Waals surface area (Å²) >= 11 is 0. The van der Waals surface area contributed by atoms with Gasteiger partial charge < -0.3 is 14.4 Å². The first kappa shape index (κ1) is 17.6. The zero-order valence-electron chi connectivity index (χ0n) is 14.6. The molecule has 1 aromatic rings. The molecule has 0 aliphatic carbocycles. The van der Waals surface area contributed by atoms with E-state index in [9.17, 15) is 4.79 Å². The van der Waals surface area contributed by atoms with Gasteiger partial charge >= 0.3 is 0 Å². The Morgan fingerprint density at radius 1 is 1.22 bits per heavy atom. The summed E-state index contributed by atoms with van der Waals surface area (Å²) in [6.45, 7) is 8.49. The van der Waals surface area contributed by atoms with Crippen molar-refractivity contribution in [2.75, 3.05) is 19.7 Å². The van der Waals surface area contributed by atoms with Gasteiger partial charge in [-0.2, -0.15) is 0 Å². The van der Waals surface area contributed by atoms with E-state index in [1.807, 2.05) is 36.1 Å². The van der Waals surface area contributed by atoms with Crippen molar-refractivity contribution in [3.05, 3.63) is 24.3 Å². The minimum atomic E-state index is 0.158. The van der Waals surface area contributed by atoms with E-state index in [0.29, 0.717) is 18.9 Å². The largest absolute Gasteiger partial charge is 0.490 e. The second-order valence-electron chi connectivity index (χ2n) is 6.51. The van der Waals surface area contributed by atoms with Crippen molar-refractivity contribution in [3.8, 4) is 11.5 Å². The fourth-order valence-electron chi connectivity index (χ4n) is 2.80. The van der Waals surface area contributed by atoms with E-state index in [-0.39, 0.29) is 12.0 Å². The number of ether oxygens (including phenoxy) is 2. The van der Waals surface area contributed by atoms with E-state index in [0.717, 1.165) is 43.9 Å². The Kier molecular flexibility index (Phi) is 6.75. The zero-order valence-corrected chi connectivity index (χ0v) is 14.6. The summed E-state index contributed by atoms with van der Waals surface area (Å²) < 4.78 is 11.7. The molecule has 1 heterocycles. The molecule has 4 nitrogen and oxygen atoms in total. The molecule has 0 aromatic heterocycles. The van der Waals surface area contributed by atoms with Crippen LogP contribution in [0.15, 0.2) is 24.3 Å². The molecule has 1 saturated heterocycles. The second-order valence-corrected chi connectivity index (χ2v) is 6.51. The highest BCUT2D eigenvalue weighted by Gasteiger charge is 2.24. The van der Waals surface area contributed by atoms with Gasteiger partial charge in [-0.1, -0.05) is 26.0 Å². The van der Waals surface area contributed by atoms with Gasteiger partial charge in [-0.25, -0.2) is 0 Å². The topological polar surface area (TPSA) is 38.8 Å². The maximum absolute atomic E-state index is 12.2. The number of likely N-dealkylation sites (tertiary alicyclic amines) is 1. The van der Waals surface area contributed by atoms with Gasteiger partial charge in [0.25, 0.3) is 0 Å². The number of hydrogen-bond acceptors (Lipinski definition) is 3. The van der Waals surface area contributed by atoms with Crippen molar-refractivity contribution in [3.63, 3.8) is 0 Å². The molecule has 128 valence electrons. The fourth-order valence-corrected chi connectivity index (χ4v) is 2.80. The summed E-state index contributed by atoms with van der Waals surface area (Å²) in [7, 11) is 0. The molecule has 2 rings (SSSR count). The van der Waals surface area contributed by atoms with E-state index in [4.69, 9.17) is 9.47 Å². The Bertz CT molecular complexity index is 493. The molecule has 0 atom stereocenters. The summed E-state index contributed by atoms with van der Waals surface area (Å²) in [6.07, 6.45) is 3.56. The molecule has 1 aliphatic rings. The Morgan fingerprint density at radius 2 is 1.87 bits per heavy atom.